The molecule has 0 bridgehead atoms. The van der Waals surface area contributed by atoms with Gasteiger partial charge in [-0.05, 0) is 54.3 Å². The predicted molar refractivity (Wildman–Crippen MR) is 130 cm³/mol. The van der Waals surface area contributed by atoms with Gasteiger partial charge in [0, 0.05) is 28.6 Å². The standard InChI is InChI=1S/C26H23N3O2S/c1-32-21-10-7-18(8-11-21)17-28-26(30)20-9-12-22-24(16-20)31-15-14-29(22)23-6-2-4-19-5-3-13-27-25(19)23/h2-13,16H,14-15,17H2,1H3,(H,28,30). The van der Waals surface area contributed by atoms with Gasteiger partial charge in [0.1, 0.15) is 12.4 Å². The number of nitrogens with one attached hydrogen (secondary N) is 1. The maximum absolute atomic E-state index is 12.8. The lowest BCUT2D eigenvalue weighted by molar-refractivity contribution is 0.0950. The Morgan fingerprint density at radius 3 is 2.75 bits per heavy atom. The molecule has 0 radical (unpaired) electrons. The Balaban J connectivity index is 1.37. The number of thioether (sulfide) groups is 1. The molecule has 0 saturated carbocycles. The molecule has 1 amide bonds. The minimum atomic E-state index is -0.116. The van der Waals surface area contributed by atoms with Crippen LogP contribution in [0.2, 0.25) is 0 Å². The number of fused-ring (bicyclic) bond motifs is 2. The van der Waals surface area contributed by atoms with Crippen LogP contribution in [0.4, 0.5) is 11.4 Å². The number of aromatic nitrogens is 1. The molecule has 1 aromatic heterocycles. The minimum Gasteiger partial charge on any atom is -0.490 e. The molecular weight excluding hydrogens is 418 g/mol. The maximum atomic E-state index is 12.8. The molecule has 0 fully saturated rings. The van der Waals surface area contributed by atoms with E-state index in [-0.39, 0.29) is 5.91 Å². The van der Waals surface area contributed by atoms with Gasteiger partial charge in [-0.25, -0.2) is 0 Å². The van der Waals surface area contributed by atoms with E-state index in [0.29, 0.717) is 24.5 Å². The normalized spacial score (nSPS) is 12.8. The average molecular weight is 442 g/mol. The van der Waals surface area contributed by atoms with Gasteiger partial charge in [-0.3, -0.25) is 9.78 Å². The van der Waals surface area contributed by atoms with Gasteiger partial charge in [-0.2, -0.15) is 0 Å². The molecule has 160 valence electrons. The molecule has 5 rings (SSSR count). The number of carbonyl (C=O) groups is 1. The van der Waals surface area contributed by atoms with Crippen molar-refractivity contribution in [3.8, 4) is 5.75 Å². The largest absolute Gasteiger partial charge is 0.490 e. The molecule has 0 saturated heterocycles. The number of para-hydroxylation sites is 1. The minimum absolute atomic E-state index is 0.116. The second-order valence-corrected chi connectivity index (χ2v) is 8.45. The summed E-state index contributed by atoms with van der Waals surface area (Å²) in [4.78, 5) is 20.8. The van der Waals surface area contributed by atoms with E-state index in [4.69, 9.17) is 4.74 Å². The topological polar surface area (TPSA) is 54.5 Å². The van der Waals surface area contributed by atoms with Crippen molar-refractivity contribution in [2.45, 2.75) is 11.4 Å². The second kappa shape index (κ2) is 8.93. The third-order valence-corrected chi connectivity index (χ3v) is 6.34. The molecule has 1 aliphatic heterocycles. The number of anilines is 2. The zero-order chi connectivity index (χ0) is 21.9. The van der Waals surface area contributed by atoms with Crippen LogP contribution in [0.15, 0.2) is 83.9 Å². The zero-order valence-electron chi connectivity index (χ0n) is 17.7. The van der Waals surface area contributed by atoms with E-state index >= 15 is 0 Å². The van der Waals surface area contributed by atoms with Crippen molar-refractivity contribution >= 4 is 39.9 Å². The molecule has 0 aliphatic carbocycles. The molecule has 6 heteroatoms. The summed E-state index contributed by atoms with van der Waals surface area (Å²) < 4.78 is 5.92. The van der Waals surface area contributed by atoms with Crippen LogP contribution in [-0.4, -0.2) is 30.3 Å². The summed E-state index contributed by atoms with van der Waals surface area (Å²) in [7, 11) is 0. The first-order chi connectivity index (χ1) is 15.7. The lowest BCUT2D eigenvalue weighted by Gasteiger charge is -2.32. The van der Waals surface area contributed by atoms with E-state index in [1.54, 1.807) is 11.8 Å². The van der Waals surface area contributed by atoms with Crippen molar-refractivity contribution in [2.75, 3.05) is 24.3 Å². The highest BCUT2D eigenvalue weighted by Gasteiger charge is 2.22. The lowest BCUT2D eigenvalue weighted by atomic mass is 10.1. The van der Waals surface area contributed by atoms with E-state index in [0.717, 1.165) is 34.4 Å². The van der Waals surface area contributed by atoms with Crippen LogP contribution >= 0.6 is 11.8 Å². The van der Waals surface area contributed by atoms with E-state index in [1.807, 2.05) is 54.9 Å². The number of pyridine rings is 1. The van der Waals surface area contributed by atoms with Crippen molar-refractivity contribution in [3.05, 3.63) is 90.1 Å². The van der Waals surface area contributed by atoms with Gasteiger partial charge in [-0.15, -0.1) is 11.8 Å². The first-order valence-electron chi connectivity index (χ1n) is 10.5. The fraction of sp³-hybridized carbons (Fsp3) is 0.154. The predicted octanol–water partition coefficient (Wildman–Crippen LogP) is 5.42. The third kappa shape index (κ3) is 4.01. The highest BCUT2D eigenvalue weighted by Crippen LogP contribution is 2.39. The smallest absolute Gasteiger partial charge is 0.251 e. The SMILES string of the molecule is CSc1ccc(CNC(=O)c2ccc3c(c2)OCCN3c2cccc3cccnc23)cc1. The van der Waals surface area contributed by atoms with Gasteiger partial charge in [0.05, 0.1) is 23.4 Å². The molecule has 32 heavy (non-hydrogen) atoms. The molecule has 1 N–H and O–H groups in total. The number of hydrogen-bond donors (Lipinski definition) is 1. The Morgan fingerprint density at radius 1 is 1.06 bits per heavy atom. The summed E-state index contributed by atoms with van der Waals surface area (Å²) >= 11 is 1.70. The Labute approximate surface area is 191 Å². The summed E-state index contributed by atoms with van der Waals surface area (Å²) in [6.45, 7) is 1.75. The van der Waals surface area contributed by atoms with Crippen LogP contribution in [0.25, 0.3) is 10.9 Å². The summed E-state index contributed by atoms with van der Waals surface area (Å²) in [6.07, 6.45) is 3.86. The van der Waals surface area contributed by atoms with E-state index < -0.39 is 0 Å². The Kier molecular flexibility index (Phi) is 5.69. The molecule has 0 unspecified atom stereocenters. The Bertz CT molecular complexity index is 1270. The molecule has 0 spiro atoms. The van der Waals surface area contributed by atoms with Crippen molar-refractivity contribution in [3.63, 3.8) is 0 Å². The first-order valence-corrected chi connectivity index (χ1v) is 11.7. The van der Waals surface area contributed by atoms with Gasteiger partial charge >= 0.3 is 0 Å². The average Bonchev–Trinajstić information content (AvgIpc) is 2.86. The monoisotopic (exact) mass is 441 g/mol. The number of rotatable bonds is 5. The molecule has 3 aromatic carbocycles. The summed E-state index contributed by atoms with van der Waals surface area (Å²) in [6, 6.07) is 24.0. The molecule has 2 heterocycles. The molecule has 5 nitrogen and oxygen atoms in total. The Hall–Kier alpha value is -3.51. The highest BCUT2D eigenvalue weighted by molar-refractivity contribution is 7.98. The van der Waals surface area contributed by atoms with Crippen LogP contribution in [-0.2, 0) is 6.54 Å². The Morgan fingerprint density at radius 2 is 1.91 bits per heavy atom. The van der Waals surface area contributed by atoms with E-state index in [1.165, 1.54) is 4.90 Å². The number of hydrogen-bond acceptors (Lipinski definition) is 5. The van der Waals surface area contributed by atoms with Gasteiger partial charge in [0.15, 0.2) is 0 Å². The number of carbonyl (C=O) groups excluding carboxylic acids is 1. The fourth-order valence-corrected chi connectivity index (χ4v) is 4.35. The lowest BCUT2D eigenvalue weighted by Crippen LogP contribution is -2.29. The van der Waals surface area contributed by atoms with Gasteiger partial charge < -0.3 is 15.0 Å². The van der Waals surface area contributed by atoms with Crippen LogP contribution < -0.4 is 15.0 Å². The van der Waals surface area contributed by atoms with Crippen molar-refractivity contribution in [1.82, 2.24) is 10.3 Å². The van der Waals surface area contributed by atoms with Gasteiger partial charge in [0.2, 0.25) is 0 Å². The number of ether oxygens (including phenoxy) is 1. The molecular formula is C26H23N3O2S. The fourth-order valence-electron chi connectivity index (χ4n) is 3.95. The zero-order valence-corrected chi connectivity index (χ0v) is 18.6. The van der Waals surface area contributed by atoms with Gasteiger partial charge in [0.25, 0.3) is 5.91 Å². The van der Waals surface area contributed by atoms with Crippen LogP contribution in [0.5, 0.6) is 5.75 Å². The van der Waals surface area contributed by atoms with Crippen molar-refractivity contribution < 1.29 is 9.53 Å². The third-order valence-electron chi connectivity index (χ3n) is 5.60. The van der Waals surface area contributed by atoms with Crippen LogP contribution in [0, 0.1) is 0 Å². The highest BCUT2D eigenvalue weighted by atomic mass is 32.2. The molecule has 4 aromatic rings. The maximum Gasteiger partial charge on any atom is 0.251 e. The summed E-state index contributed by atoms with van der Waals surface area (Å²) in [5.74, 6) is 0.593. The quantitative estimate of drug-likeness (QED) is 0.419. The van der Waals surface area contributed by atoms with E-state index in [2.05, 4.69) is 45.5 Å². The van der Waals surface area contributed by atoms with E-state index in [9.17, 15) is 4.79 Å². The summed E-state index contributed by atoms with van der Waals surface area (Å²) in [5, 5.41) is 4.10. The van der Waals surface area contributed by atoms with Crippen molar-refractivity contribution in [2.24, 2.45) is 0 Å². The number of amides is 1. The molecule has 0 atom stereocenters. The van der Waals surface area contributed by atoms with Gasteiger partial charge in [-0.1, -0.05) is 30.3 Å². The molecule has 1 aliphatic rings. The summed E-state index contributed by atoms with van der Waals surface area (Å²) in [5.41, 5.74) is 4.59. The number of benzene rings is 3. The first kappa shape index (κ1) is 20.4. The second-order valence-electron chi connectivity index (χ2n) is 7.57. The van der Waals surface area contributed by atoms with Crippen LogP contribution in [0.1, 0.15) is 15.9 Å². The van der Waals surface area contributed by atoms with Crippen LogP contribution in [0.3, 0.4) is 0 Å². The van der Waals surface area contributed by atoms with Crippen molar-refractivity contribution in [1.29, 1.82) is 0 Å². The number of nitrogens with zero attached hydrogens (tertiary/aromatic N) is 2.